The number of carbonyl (C=O) groups excluding carboxylic acids is 1. The van der Waals surface area contributed by atoms with Gasteiger partial charge in [-0.3, -0.25) is 19.6 Å². The average molecular weight is 358 g/mol. The zero-order chi connectivity index (χ0) is 18.3. The first-order valence-corrected chi connectivity index (χ1v) is 8.59. The summed E-state index contributed by atoms with van der Waals surface area (Å²) in [5.41, 5.74) is -0.536. The summed E-state index contributed by atoms with van der Waals surface area (Å²) in [5, 5.41) is 0. The van der Waals surface area contributed by atoms with E-state index in [0.29, 0.717) is 37.6 Å². The van der Waals surface area contributed by atoms with E-state index < -0.39 is 11.2 Å². The molecule has 8 heteroatoms. The molecule has 4 rings (SSSR count). The molecule has 2 fully saturated rings. The Morgan fingerprint density at radius 2 is 1.77 bits per heavy atom. The molecular weight excluding hydrogens is 339 g/mol. The van der Waals surface area contributed by atoms with Crippen molar-refractivity contribution in [1.82, 2.24) is 14.9 Å². The Kier molecular flexibility index (Phi) is 4.10. The fourth-order valence-corrected chi connectivity index (χ4v) is 3.94. The standard InChI is InChI=1S/C18H19FN4O3/c19-14-4-2-1-3-11(14)5-17(25)23-9-12-7-22(8-13(12)10-23)15-6-16(24)21-18(26)20-15/h1-4,6,12-13H,5,7-10H2,(H2,20,21,24,26). The first-order chi connectivity index (χ1) is 12.5. The summed E-state index contributed by atoms with van der Waals surface area (Å²) in [6.45, 7) is 2.57. The quantitative estimate of drug-likeness (QED) is 0.828. The van der Waals surface area contributed by atoms with E-state index in [1.54, 1.807) is 23.1 Å². The van der Waals surface area contributed by atoms with Gasteiger partial charge in [-0.15, -0.1) is 0 Å². The number of amides is 1. The molecule has 2 unspecified atom stereocenters. The topological polar surface area (TPSA) is 89.3 Å². The van der Waals surface area contributed by atoms with E-state index in [2.05, 4.69) is 9.97 Å². The molecule has 0 radical (unpaired) electrons. The summed E-state index contributed by atoms with van der Waals surface area (Å²) in [4.78, 5) is 44.0. The minimum absolute atomic E-state index is 0.0667. The van der Waals surface area contributed by atoms with Crippen LogP contribution in [0.4, 0.5) is 10.2 Å². The molecule has 2 aliphatic heterocycles. The van der Waals surface area contributed by atoms with Crippen molar-refractivity contribution in [1.29, 1.82) is 0 Å². The number of aromatic nitrogens is 2. The van der Waals surface area contributed by atoms with Crippen LogP contribution in [0.3, 0.4) is 0 Å². The van der Waals surface area contributed by atoms with Crippen molar-refractivity contribution in [3.63, 3.8) is 0 Å². The maximum atomic E-state index is 13.7. The van der Waals surface area contributed by atoms with Crippen LogP contribution in [-0.4, -0.2) is 47.0 Å². The Hall–Kier alpha value is -2.90. The molecule has 26 heavy (non-hydrogen) atoms. The minimum atomic E-state index is -0.522. The van der Waals surface area contributed by atoms with Gasteiger partial charge in [-0.25, -0.2) is 9.18 Å². The number of carbonyl (C=O) groups is 1. The summed E-state index contributed by atoms with van der Waals surface area (Å²) in [6, 6.07) is 7.71. The van der Waals surface area contributed by atoms with Gasteiger partial charge in [-0.05, 0) is 11.6 Å². The number of hydrogen-bond donors (Lipinski definition) is 2. The van der Waals surface area contributed by atoms with E-state index in [4.69, 9.17) is 0 Å². The van der Waals surface area contributed by atoms with Crippen molar-refractivity contribution in [2.75, 3.05) is 31.1 Å². The van der Waals surface area contributed by atoms with Gasteiger partial charge in [0.15, 0.2) is 0 Å². The molecule has 3 heterocycles. The second kappa shape index (κ2) is 6.44. The number of halogens is 1. The first-order valence-electron chi connectivity index (χ1n) is 8.59. The predicted octanol–water partition coefficient (Wildman–Crippen LogP) is 0.340. The van der Waals surface area contributed by atoms with Crippen LogP contribution in [0.1, 0.15) is 5.56 Å². The SMILES string of the molecule is O=C(Cc1ccccc1F)N1CC2CN(c3cc(=O)[nH]c(=O)[nH]3)CC2C1. The summed E-state index contributed by atoms with van der Waals surface area (Å²) < 4.78 is 13.7. The number of benzene rings is 1. The van der Waals surface area contributed by atoms with Crippen molar-refractivity contribution in [3.05, 3.63) is 62.6 Å². The Morgan fingerprint density at radius 1 is 1.08 bits per heavy atom. The molecule has 136 valence electrons. The Bertz CT molecular complexity index is 911. The van der Waals surface area contributed by atoms with Crippen molar-refractivity contribution < 1.29 is 9.18 Å². The third-order valence-corrected chi connectivity index (χ3v) is 5.23. The Balaban J connectivity index is 1.40. The third kappa shape index (κ3) is 3.14. The van der Waals surface area contributed by atoms with Gasteiger partial charge in [-0.1, -0.05) is 18.2 Å². The molecule has 1 aromatic heterocycles. The summed E-state index contributed by atoms with van der Waals surface area (Å²) in [5.74, 6) is 0.646. The smallest absolute Gasteiger partial charge is 0.327 e. The monoisotopic (exact) mass is 358 g/mol. The van der Waals surface area contributed by atoms with Gasteiger partial charge in [0.25, 0.3) is 5.56 Å². The Morgan fingerprint density at radius 3 is 2.42 bits per heavy atom. The van der Waals surface area contributed by atoms with Crippen molar-refractivity contribution >= 4 is 11.7 Å². The van der Waals surface area contributed by atoms with Gasteiger partial charge in [0.2, 0.25) is 5.91 Å². The number of likely N-dealkylation sites (tertiary alicyclic amines) is 1. The maximum absolute atomic E-state index is 13.7. The summed E-state index contributed by atoms with van der Waals surface area (Å²) >= 11 is 0. The third-order valence-electron chi connectivity index (χ3n) is 5.23. The number of hydrogen-bond acceptors (Lipinski definition) is 4. The molecule has 0 saturated carbocycles. The summed E-state index contributed by atoms with van der Waals surface area (Å²) in [6.07, 6.45) is 0.0667. The maximum Gasteiger partial charge on any atom is 0.327 e. The lowest BCUT2D eigenvalue weighted by molar-refractivity contribution is -0.129. The highest BCUT2D eigenvalue weighted by molar-refractivity contribution is 5.79. The Labute approximate surface area is 148 Å². The van der Waals surface area contributed by atoms with E-state index >= 15 is 0 Å². The van der Waals surface area contributed by atoms with Crippen molar-refractivity contribution in [3.8, 4) is 0 Å². The van der Waals surface area contributed by atoms with Crippen LogP contribution in [0, 0.1) is 17.7 Å². The molecule has 2 aliphatic rings. The van der Waals surface area contributed by atoms with Crippen LogP contribution in [0.15, 0.2) is 39.9 Å². The number of anilines is 1. The van der Waals surface area contributed by atoms with Crippen molar-refractivity contribution in [2.45, 2.75) is 6.42 Å². The number of rotatable bonds is 3. The van der Waals surface area contributed by atoms with Gasteiger partial charge in [-0.2, -0.15) is 0 Å². The lowest BCUT2D eigenvalue weighted by Crippen LogP contribution is -2.35. The lowest BCUT2D eigenvalue weighted by Gasteiger charge is -2.22. The molecular formula is C18H19FN4O3. The molecule has 1 amide bonds. The lowest BCUT2D eigenvalue weighted by atomic mass is 10.0. The fourth-order valence-electron chi connectivity index (χ4n) is 3.94. The molecule has 7 nitrogen and oxygen atoms in total. The second-order valence-corrected chi connectivity index (χ2v) is 6.97. The van der Waals surface area contributed by atoms with Crippen LogP contribution in [0.25, 0.3) is 0 Å². The minimum Gasteiger partial charge on any atom is -0.357 e. The molecule has 0 spiro atoms. The molecule has 2 atom stereocenters. The molecule has 2 aromatic rings. The molecule has 0 bridgehead atoms. The molecule has 1 aromatic carbocycles. The molecule has 2 saturated heterocycles. The number of fused-ring (bicyclic) bond motifs is 1. The van der Waals surface area contributed by atoms with E-state index in [0.717, 1.165) is 0 Å². The van der Waals surface area contributed by atoms with Gasteiger partial charge in [0.05, 0.1) is 6.42 Å². The highest BCUT2D eigenvalue weighted by atomic mass is 19.1. The van der Waals surface area contributed by atoms with E-state index in [-0.39, 0.29) is 30.0 Å². The highest BCUT2D eigenvalue weighted by Crippen LogP contribution is 2.33. The van der Waals surface area contributed by atoms with Crippen LogP contribution < -0.4 is 16.1 Å². The average Bonchev–Trinajstić information content (AvgIpc) is 3.15. The molecule has 0 aliphatic carbocycles. The zero-order valence-corrected chi connectivity index (χ0v) is 14.1. The van der Waals surface area contributed by atoms with Crippen LogP contribution in [0.5, 0.6) is 0 Å². The van der Waals surface area contributed by atoms with E-state index in [9.17, 15) is 18.8 Å². The van der Waals surface area contributed by atoms with Gasteiger partial charge in [0.1, 0.15) is 11.6 Å². The fraction of sp³-hybridized carbons (Fsp3) is 0.389. The largest absolute Gasteiger partial charge is 0.357 e. The number of nitrogens with zero attached hydrogens (tertiary/aromatic N) is 2. The number of nitrogens with one attached hydrogen (secondary N) is 2. The van der Waals surface area contributed by atoms with Crippen LogP contribution >= 0.6 is 0 Å². The number of aromatic amines is 2. The van der Waals surface area contributed by atoms with Crippen LogP contribution in [0.2, 0.25) is 0 Å². The normalized spacial score (nSPS) is 21.9. The second-order valence-electron chi connectivity index (χ2n) is 6.97. The highest BCUT2D eigenvalue weighted by Gasteiger charge is 2.41. The van der Waals surface area contributed by atoms with Crippen molar-refractivity contribution in [2.24, 2.45) is 11.8 Å². The van der Waals surface area contributed by atoms with Gasteiger partial charge in [0, 0.05) is 44.1 Å². The zero-order valence-electron chi connectivity index (χ0n) is 14.1. The first kappa shape index (κ1) is 16.6. The van der Waals surface area contributed by atoms with Crippen LogP contribution in [-0.2, 0) is 11.2 Å². The van der Waals surface area contributed by atoms with E-state index in [1.165, 1.54) is 12.1 Å². The molecule has 2 N–H and O–H groups in total. The van der Waals surface area contributed by atoms with Gasteiger partial charge < -0.3 is 9.80 Å². The van der Waals surface area contributed by atoms with Gasteiger partial charge >= 0.3 is 5.69 Å². The predicted molar refractivity (Wildman–Crippen MR) is 93.6 cm³/mol. The number of H-pyrrole nitrogens is 2. The van der Waals surface area contributed by atoms with E-state index in [1.807, 2.05) is 4.90 Å². The summed E-state index contributed by atoms with van der Waals surface area (Å²) in [7, 11) is 0.